The highest BCUT2D eigenvalue weighted by atomic mass is 32.2. The Morgan fingerprint density at radius 1 is 1.35 bits per heavy atom. The van der Waals surface area contributed by atoms with Crippen LogP contribution in [0.5, 0.6) is 5.75 Å². The monoisotopic (exact) mass is 253 g/mol. The van der Waals surface area contributed by atoms with Crippen molar-refractivity contribution >= 4 is 15.9 Å². The van der Waals surface area contributed by atoms with E-state index < -0.39 is 9.84 Å². The molecule has 0 spiro atoms. The zero-order valence-electron chi connectivity index (χ0n) is 9.64. The molecule has 0 bridgehead atoms. The maximum absolute atomic E-state index is 12.2. The highest BCUT2D eigenvalue weighted by Crippen LogP contribution is 2.36. The SMILES string of the molecule is COc1ccc2c(c1)S(=O)(=O)C(CCCN)=C2. The highest BCUT2D eigenvalue weighted by Gasteiger charge is 2.29. The van der Waals surface area contributed by atoms with Gasteiger partial charge in [0.15, 0.2) is 0 Å². The minimum absolute atomic E-state index is 0.337. The van der Waals surface area contributed by atoms with Crippen LogP contribution in [-0.4, -0.2) is 22.1 Å². The van der Waals surface area contributed by atoms with E-state index in [1.807, 2.05) is 0 Å². The van der Waals surface area contributed by atoms with Gasteiger partial charge in [-0.05, 0) is 49.2 Å². The molecular formula is C12H15NO3S. The maximum atomic E-state index is 12.2. The Morgan fingerprint density at radius 2 is 2.12 bits per heavy atom. The third-order valence-electron chi connectivity index (χ3n) is 2.80. The number of hydrogen-bond donors (Lipinski definition) is 1. The number of methoxy groups -OCH3 is 1. The lowest BCUT2D eigenvalue weighted by Crippen LogP contribution is -2.04. The Morgan fingerprint density at radius 3 is 2.76 bits per heavy atom. The van der Waals surface area contributed by atoms with Crippen molar-refractivity contribution in [3.63, 3.8) is 0 Å². The lowest BCUT2D eigenvalue weighted by atomic mass is 10.2. The van der Waals surface area contributed by atoms with Gasteiger partial charge >= 0.3 is 0 Å². The Balaban J connectivity index is 2.41. The number of hydrogen-bond acceptors (Lipinski definition) is 4. The zero-order chi connectivity index (χ0) is 12.5. The summed E-state index contributed by atoms with van der Waals surface area (Å²) in [6, 6.07) is 5.09. The normalized spacial score (nSPS) is 16.5. The molecule has 0 amide bonds. The molecule has 1 aliphatic rings. The van der Waals surface area contributed by atoms with Gasteiger partial charge in [-0.15, -0.1) is 0 Å². The Bertz CT molecular complexity index is 561. The standard InChI is InChI=1S/C12H15NO3S/c1-16-10-5-4-9-7-11(3-2-6-13)17(14,15)12(9)8-10/h4-5,7-8H,2-3,6,13H2,1H3. The topological polar surface area (TPSA) is 69.4 Å². The number of allylic oxidation sites excluding steroid dienone is 1. The van der Waals surface area contributed by atoms with Crippen LogP contribution in [0.25, 0.3) is 6.08 Å². The molecule has 1 aromatic carbocycles. The number of ether oxygens (including phenoxy) is 1. The van der Waals surface area contributed by atoms with Crippen LogP contribution >= 0.6 is 0 Å². The first-order valence-electron chi connectivity index (χ1n) is 5.43. The molecule has 0 fully saturated rings. The molecule has 1 aromatic rings. The van der Waals surface area contributed by atoms with Gasteiger partial charge in [-0.1, -0.05) is 0 Å². The molecule has 1 heterocycles. The van der Waals surface area contributed by atoms with E-state index in [4.69, 9.17) is 10.5 Å². The van der Waals surface area contributed by atoms with Gasteiger partial charge in [-0.2, -0.15) is 0 Å². The molecule has 17 heavy (non-hydrogen) atoms. The summed E-state index contributed by atoms with van der Waals surface area (Å²) >= 11 is 0. The minimum Gasteiger partial charge on any atom is -0.497 e. The molecule has 4 nitrogen and oxygen atoms in total. The van der Waals surface area contributed by atoms with Crippen molar-refractivity contribution in [1.82, 2.24) is 0 Å². The molecule has 92 valence electrons. The molecule has 1 aliphatic heterocycles. The lowest BCUT2D eigenvalue weighted by molar-refractivity contribution is 0.413. The highest BCUT2D eigenvalue weighted by molar-refractivity contribution is 7.95. The van der Waals surface area contributed by atoms with E-state index in [9.17, 15) is 8.42 Å². The van der Waals surface area contributed by atoms with Gasteiger partial charge in [0.1, 0.15) is 5.75 Å². The number of nitrogens with two attached hydrogens (primary N) is 1. The number of rotatable bonds is 4. The molecule has 2 rings (SSSR count). The van der Waals surface area contributed by atoms with Gasteiger partial charge in [0, 0.05) is 4.91 Å². The molecule has 0 saturated carbocycles. The molecule has 0 radical (unpaired) electrons. The molecule has 0 aliphatic carbocycles. The smallest absolute Gasteiger partial charge is 0.203 e. The summed E-state index contributed by atoms with van der Waals surface area (Å²) < 4.78 is 29.4. The fraction of sp³-hybridized carbons (Fsp3) is 0.333. The van der Waals surface area contributed by atoms with E-state index in [0.717, 1.165) is 5.56 Å². The molecule has 0 unspecified atom stereocenters. The summed E-state index contributed by atoms with van der Waals surface area (Å²) in [4.78, 5) is 0.787. The maximum Gasteiger partial charge on any atom is 0.203 e. The van der Waals surface area contributed by atoms with E-state index in [0.29, 0.717) is 34.9 Å². The Labute approximate surface area is 101 Å². The van der Waals surface area contributed by atoms with Crippen LogP contribution in [0.2, 0.25) is 0 Å². The van der Waals surface area contributed by atoms with E-state index in [2.05, 4.69) is 0 Å². The lowest BCUT2D eigenvalue weighted by Gasteiger charge is -2.04. The summed E-state index contributed by atoms with van der Waals surface area (Å²) in [7, 11) is -1.81. The van der Waals surface area contributed by atoms with Crippen molar-refractivity contribution < 1.29 is 13.2 Å². The fourth-order valence-corrected chi connectivity index (χ4v) is 3.55. The van der Waals surface area contributed by atoms with Crippen molar-refractivity contribution in [1.29, 1.82) is 0 Å². The predicted octanol–water partition coefficient (Wildman–Crippen LogP) is 1.56. The third kappa shape index (κ3) is 2.08. The fourth-order valence-electron chi connectivity index (χ4n) is 1.87. The van der Waals surface area contributed by atoms with Crippen molar-refractivity contribution in [3.8, 4) is 5.75 Å². The van der Waals surface area contributed by atoms with Gasteiger partial charge in [0.25, 0.3) is 0 Å². The second-order valence-electron chi connectivity index (χ2n) is 3.91. The van der Waals surface area contributed by atoms with E-state index in [-0.39, 0.29) is 0 Å². The van der Waals surface area contributed by atoms with Crippen LogP contribution in [0, 0.1) is 0 Å². The number of fused-ring (bicyclic) bond motifs is 1. The van der Waals surface area contributed by atoms with Gasteiger partial charge in [-0.25, -0.2) is 8.42 Å². The molecule has 0 atom stereocenters. The van der Waals surface area contributed by atoms with E-state index in [1.54, 1.807) is 24.3 Å². The molecule has 5 heteroatoms. The summed E-state index contributed by atoms with van der Waals surface area (Å²) in [5.74, 6) is 0.556. The number of benzene rings is 1. The van der Waals surface area contributed by atoms with Crippen molar-refractivity contribution in [2.45, 2.75) is 17.7 Å². The van der Waals surface area contributed by atoms with Crippen molar-refractivity contribution in [3.05, 3.63) is 28.7 Å². The van der Waals surface area contributed by atoms with Crippen LogP contribution < -0.4 is 10.5 Å². The van der Waals surface area contributed by atoms with Crippen molar-refractivity contribution in [2.24, 2.45) is 5.73 Å². The molecule has 0 aromatic heterocycles. The Hall–Kier alpha value is -1.33. The summed E-state index contributed by atoms with van der Waals surface area (Å²) in [6.07, 6.45) is 2.89. The molecule has 2 N–H and O–H groups in total. The van der Waals surface area contributed by atoms with E-state index in [1.165, 1.54) is 7.11 Å². The summed E-state index contributed by atoms with van der Waals surface area (Å²) in [5.41, 5.74) is 6.14. The summed E-state index contributed by atoms with van der Waals surface area (Å²) in [5, 5.41) is 0. The third-order valence-corrected chi connectivity index (χ3v) is 4.74. The van der Waals surface area contributed by atoms with Gasteiger partial charge in [0.2, 0.25) is 9.84 Å². The van der Waals surface area contributed by atoms with Crippen LogP contribution in [0.4, 0.5) is 0 Å². The first-order valence-corrected chi connectivity index (χ1v) is 6.91. The van der Waals surface area contributed by atoms with Crippen LogP contribution in [-0.2, 0) is 9.84 Å². The first-order chi connectivity index (χ1) is 8.09. The average Bonchev–Trinajstić information content (AvgIpc) is 2.58. The quantitative estimate of drug-likeness (QED) is 0.884. The second-order valence-corrected chi connectivity index (χ2v) is 5.88. The van der Waals surface area contributed by atoms with Crippen LogP contribution in [0.1, 0.15) is 18.4 Å². The van der Waals surface area contributed by atoms with Crippen molar-refractivity contribution in [2.75, 3.05) is 13.7 Å². The van der Waals surface area contributed by atoms with Gasteiger partial charge in [0.05, 0.1) is 12.0 Å². The van der Waals surface area contributed by atoms with Crippen LogP contribution in [0.15, 0.2) is 28.0 Å². The van der Waals surface area contributed by atoms with Gasteiger partial charge in [-0.3, -0.25) is 0 Å². The summed E-state index contributed by atoms with van der Waals surface area (Å²) in [6.45, 7) is 0.493. The first kappa shape index (κ1) is 12.1. The minimum atomic E-state index is -3.33. The zero-order valence-corrected chi connectivity index (χ0v) is 10.5. The Kier molecular flexibility index (Phi) is 3.22. The largest absolute Gasteiger partial charge is 0.497 e. The van der Waals surface area contributed by atoms with Crippen LogP contribution in [0.3, 0.4) is 0 Å². The molecule has 0 saturated heterocycles. The average molecular weight is 253 g/mol. The number of sulfone groups is 1. The second kappa shape index (κ2) is 4.50. The van der Waals surface area contributed by atoms with Gasteiger partial charge < -0.3 is 10.5 Å². The predicted molar refractivity (Wildman–Crippen MR) is 66.4 cm³/mol. The molecular weight excluding hydrogens is 238 g/mol. The van der Waals surface area contributed by atoms with E-state index >= 15 is 0 Å².